The molecule has 3 rings (SSSR count). The smallest absolute Gasteiger partial charge is 0.127 e. The molecule has 0 bridgehead atoms. The summed E-state index contributed by atoms with van der Waals surface area (Å²) in [5, 5.41) is 2.80. The Kier molecular flexibility index (Phi) is 3.72. The van der Waals surface area contributed by atoms with Gasteiger partial charge in [-0.3, -0.25) is 0 Å². The van der Waals surface area contributed by atoms with Crippen LogP contribution in [0.1, 0.15) is 20.8 Å². The van der Waals surface area contributed by atoms with E-state index in [1.54, 1.807) is 11.3 Å². The molecule has 0 spiro atoms. The number of hydrogen-bond donors (Lipinski definition) is 0. The molecule has 1 aromatic heterocycles. The predicted octanol–water partition coefficient (Wildman–Crippen LogP) is 5.58. The van der Waals surface area contributed by atoms with E-state index in [1.807, 2.05) is 11.4 Å². The van der Waals surface area contributed by atoms with E-state index in [4.69, 9.17) is 16.3 Å². The molecular formula is C13H9Br2ClOS. The Morgan fingerprint density at radius 1 is 1.39 bits per heavy atom. The van der Waals surface area contributed by atoms with Crippen molar-refractivity contribution in [2.24, 2.45) is 0 Å². The summed E-state index contributed by atoms with van der Waals surface area (Å²) in [5.41, 5.74) is 2.40. The lowest BCUT2D eigenvalue weighted by Gasteiger charge is -2.14. The van der Waals surface area contributed by atoms with Crippen molar-refractivity contribution < 1.29 is 4.74 Å². The Bertz CT molecular complexity index is 597. The van der Waals surface area contributed by atoms with Gasteiger partial charge in [0.25, 0.3) is 0 Å². The molecule has 0 fully saturated rings. The van der Waals surface area contributed by atoms with Crippen molar-refractivity contribution in [3.63, 3.8) is 0 Å². The van der Waals surface area contributed by atoms with Crippen molar-refractivity contribution in [3.8, 4) is 5.75 Å². The molecule has 1 atom stereocenters. The van der Waals surface area contributed by atoms with Crippen LogP contribution >= 0.6 is 54.8 Å². The van der Waals surface area contributed by atoms with E-state index in [0.29, 0.717) is 0 Å². The third-order valence-electron chi connectivity index (χ3n) is 2.93. The molecule has 94 valence electrons. The van der Waals surface area contributed by atoms with Crippen LogP contribution in [-0.2, 0) is 6.42 Å². The number of benzene rings is 1. The van der Waals surface area contributed by atoms with Gasteiger partial charge in [0.2, 0.25) is 0 Å². The number of thiophene rings is 1. The van der Waals surface area contributed by atoms with Crippen LogP contribution in [0.25, 0.3) is 0 Å². The lowest BCUT2D eigenvalue weighted by atomic mass is 10.0. The van der Waals surface area contributed by atoms with Gasteiger partial charge < -0.3 is 4.74 Å². The average molecular weight is 409 g/mol. The first kappa shape index (κ1) is 13.0. The predicted molar refractivity (Wildman–Crippen MR) is 83.4 cm³/mol. The van der Waals surface area contributed by atoms with Gasteiger partial charge >= 0.3 is 0 Å². The van der Waals surface area contributed by atoms with E-state index < -0.39 is 0 Å². The van der Waals surface area contributed by atoms with Crippen molar-refractivity contribution >= 4 is 54.8 Å². The first-order valence-corrected chi connectivity index (χ1v) is 8.45. The summed E-state index contributed by atoms with van der Waals surface area (Å²) in [6.07, 6.45) is 0.972. The minimum Gasteiger partial charge on any atom is -0.493 e. The van der Waals surface area contributed by atoms with Gasteiger partial charge in [-0.2, -0.15) is 0 Å². The summed E-state index contributed by atoms with van der Waals surface area (Å²) in [6.45, 7) is 0.761. The highest BCUT2D eigenvalue weighted by Gasteiger charge is 2.24. The van der Waals surface area contributed by atoms with Crippen LogP contribution in [-0.4, -0.2) is 6.61 Å². The quantitative estimate of drug-likeness (QED) is 0.589. The second-order valence-electron chi connectivity index (χ2n) is 4.08. The summed E-state index contributed by atoms with van der Waals surface area (Å²) in [4.78, 5) is 1.20. The van der Waals surface area contributed by atoms with Gasteiger partial charge in [0.1, 0.15) is 5.75 Å². The second kappa shape index (κ2) is 5.16. The Labute approximate surface area is 131 Å². The zero-order valence-corrected chi connectivity index (χ0v) is 14.0. The molecule has 0 amide bonds. The highest BCUT2D eigenvalue weighted by atomic mass is 79.9. The lowest BCUT2D eigenvalue weighted by molar-refractivity contribution is 0.354. The van der Waals surface area contributed by atoms with Crippen molar-refractivity contribution in [2.75, 3.05) is 6.61 Å². The maximum Gasteiger partial charge on any atom is 0.127 e. The topological polar surface area (TPSA) is 9.23 Å². The van der Waals surface area contributed by atoms with Gasteiger partial charge in [-0.25, -0.2) is 0 Å². The van der Waals surface area contributed by atoms with Crippen molar-refractivity contribution in [1.82, 2.24) is 0 Å². The highest BCUT2D eigenvalue weighted by Crippen LogP contribution is 2.45. The van der Waals surface area contributed by atoms with Gasteiger partial charge in [-0.05, 0) is 29.1 Å². The molecule has 0 saturated carbocycles. The monoisotopic (exact) mass is 406 g/mol. The molecule has 1 aliphatic rings. The van der Waals surface area contributed by atoms with E-state index in [1.165, 1.54) is 5.56 Å². The SMILES string of the molecule is Clc1ccsc1C(Br)c1cc(Br)cc2c1OCC2. The molecule has 2 aromatic rings. The summed E-state index contributed by atoms with van der Waals surface area (Å²) < 4.78 is 6.84. The third kappa shape index (κ3) is 2.24. The summed E-state index contributed by atoms with van der Waals surface area (Å²) in [6, 6.07) is 6.15. The first-order chi connectivity index (χ1) is 8.66. The van der Waals surface area contributed by atoms with Crippen LogP contribution in [0.4, 0.5) is 0 Å². The Morgan fingerprint density at radius 3 is 2.94 bits per heavy atom. The number of ether oxygens (including phenoxy) is 1. The molecule has 2 heterocycles. The zero-order chi connectivity index (χ0) is 12.7. The standard InChI is InChI=1S/C13H9Br2ClOS/c14-8-5-7-1-3-17-12(7)9(6-8)11(15)13-10(16)2-4-18-13/h2,4-6,11H,1,3H2. The van der Waals surface area contributed by atoms with Crippen LogP contribution in [0.3, 0.4) is 0 Å². The maximum absolute atomic E-state index is 6.20. The van der Waals surface area contributed by atoms with E-state index in [2.05, 4.69) is 44.0 Å². The van der Waals surface area contributed by atoms with E-state index >= 15 is 0 Å². The number of alkyl halides is 1. The summed E-state index contributed by atoms with van der Waals surface area (Å²) >= 11 is 15.2. The molecule has 18 heavy (non-hydrogen) atoms. The average Bonchev–Trinajstić information content (AvgIpc) is 2.95. The Hall–Kier alpha value is -0.0300. The molecular weight excluding hydrogens is 399 g/mol. The highest BCUT2D eigenvalue weighted by molar-refractivity contribution is 9.10. The molecule has 1 unspecified atom stereocenters. The normalized spacial score (nSPS) is 15.3. The molecule has 0 aliphatic carbocycles. The van der Waals surface area contributed by atoms with Gasteiger partial charge in [0.15, 0.2) is 0 Å². The van der Waals surface area contributed by atoms with Crippen LogP contribution in [0.2, 0.25) is 5.02 Å². The fraction of sp³-hybridized carbons (Fsp3) is 0.231. The molecule has 1 aliphatic heterocycles. The Balaban J connectivity index is 2.10. The summed E-state index contributed by atoms with van der Waals surface area (Å²) in [5.74, 6) is 1.00. The zero-order valence-electron chi connectivity index (χ0n) is 9.25. The van der Waals surface area contributed by atoms with Crippen LogP contribution in [0.15, 0.2) is 28.1 Å². The largest absolute Gasteiger partial charge is 0.493 e. The Morgan fingerprint density at radius 2 is 2.22 bits per heavy atom. The van der Waals surface area contributed by atoms with Gasteiger partial charge in [-0.15, -0.1) is 11.3 Å². The number of hydrogen-bond acceptors (Lipinski definition) is 2. The molecule has 5 heteroatoms. The third-order valence-corrected chi connectivity index (χ3v) is 6.06. The minimum atomic E-state index is 0.0781. The first-order valence-electron chi connectivity index (χ1n) is 5.49. The molecule has 0 saturated heterocycles. The number of rotatable bonds is 2. The maximum atomic E-state index is 6.20. The van der Waals surface area contributed by atoms with E-state index in [0.717, 1.165) is 38.7 Å². The fourth-order valence-electron chi connectivity index (χ4n) is 2.11. The summed E-state index contributed by atoms with van der Waals surface area (Å²) in [7, 11) is 0. The molecule has 0 radical (unpaired) electrons. The van der Waals surface area contributed by atoms with Crippen LogP contribution in [0.5, 0.6) is 5.75 Å². The van der Waals surface area contributed by atoms with E-state index in [9.17, 15) is 0 Å². The van der Waals surface area contributed by atoms with Crippen molar-refractivity contribution in [1.29, 1.82) is 0 Å². The van der Waals surface area contributed by atoms with Crippen molar-refractivity contribution in [3.05, 3.63) is 49.1 Å². The van der Waals surface area contributed by atoms with Crippen LogP contribution in [0, 0.1) is 0 Å². The molecule has 1 nitrogen and oxygen atoms in total. The fourth-order valence-corrected chi connectivity index (χ4v) is 4.84. The number of fused-ring (bicyclic) bond motifs is 1. The van der Waals surface area contributed by atoms with Crippen LogP contribution < -0.4 is 4.74 Å². The van der Waals surface area contributed by atoms with Gasteiger partial charge in [0, 0.05) is 21.3 Å². The second-order valence-corrected chi connectivity index (χ2v) is 7.26. The lowest BCUT2D eigenvalue weighted by Crippen LogP contribution is -1.96. The van der Waals surface area contributed by atoms with Gasteiger partial charge in [-0.1, -0.05) is 43.5 Å². The van der Waals surface area contributed by atoms with E-state index in [-0.39, 0.29) is 4.83 Å². The number of halogens is 3. The minimum absolute atomic E-state index is 0.0781. The van der Waals surface area contributed by atoms with Crippen molar-refractivity contribution in [2.45, 2.75) is 11.2 Å². The molecule has 1 aromatic carbocycles. The molecule has 0 N–H and O–H groups in total. The van der Waals surface area contributed by atoms with Gasteiger partial charge in [0.05, 0.1) is 16.5 Å².